The van der Waals surface area contributed by atoms with Crippen molar-refractivity contribution in [1.29, 1.82) is 0 Å². The van der Waals surface area contributed by atoms with Crippen LogP contribution in [0.4, 0.5) is 0 Å². The van der Waals surface area contributed by atoms with Crippen LogP contribution in [0.5, 0.6) is 0 Å². The average molecular weight is 507 g/mol. The van der Waals surface area contributed by atoms with Crippen LogP contribution in [0.2, 0.25) is 0 Å². The quantitative estimate of drug-likeness (QED) is 0.224. The SMILES string of the molecule is CC(C)(C)c1cccc(-c2cc(-c3cccc(C(C)(C)C)c3)cc(C3c4ccccc4-c4ccccc43)c2)c1. The minimum Gasteiger partial charge on any atom is -0.0619 e. The van der Waals surface area contributed by atoms with Crippen LogP contribution >= 0.6 is 0 Å². The summed E-state index contributed by atoms with van der Waals surface area (Å²) in [6.45, 7) is 13.7. The van der Waals surface area contributed by atoms with Crippen LogP contribution in [0, 0.1) is 0 Å². The summed E-state index contributed by atoms with van der Waals surface area (Å²) in [6.07, 6.45) is 0. The first-order chi connectivity index (χ1) is 18.6. The van der Waals surface area contributed by atoms with Gasteiger partial charge in [-0.05, 0) is 78.1 Å². The lowest BCUT2D eigenvalue weighted by molar-refractivity contribution is 0.590. The monoisotopic (exact) mass is 506 g/mol. The Balaban J connectivity index is 1.59. The molecule has 6 rings (SSSR count). The van der Waals surface area contributed by atoms with Crippen molar-refractivity contribution in [3.8, 4) is 33.4 Å². The summed E-state index contributed by atoms with van der Waals surface area (Å²) in [4.78, 5) is 0. The van der Waals surface area contributed by atoms with Gasteiger partial charge in [0.25, 0.3) is 0 Å². The molecule has 0 aromatic heterocycles. The van der Waals surface area contributed by atoms with Gasteiger partial charge in [0.2, 0.25) is 0 Å². The zero-order valence-corrected chi connectivity index (χ0v) is 24.0. The Morgan fingerprint density at radius 2 is 0.846 bits per heavy atom. The predicted molar refractivity (Wildman–Crippen MR) is 168 cm³/mol. The number of fused-ring (bicyclic) bond motifs is 3. The van der Waals surface area contributed by atoms with Crippen LogP contribution in [0.1, 0.15) is 75.3 Å². The fourth-order valence-electron chi connectivity index (χ4n) is 6.00. The van der Waals surface area contributed by atoms with Gasteiger partial charge in [0.15, 0.2) is 0 Å². The topological polar surface area (TPSA) is 0 Å². The molecule has 5 aromatic carbocycles. The molecule has 0 nitrogen and oxygen atoms in total. The Labute approximate surface area is 234 Å². The average Bonchev–Trinajstić information content (AvgIpc) is 3.26. The Hall–Kier alpha value is -3.90. The molecule has 0 amide bonds. The Morgan fingerprint density at radius 1 is 0.410 bits per heavy atom. The normalized spacial score (nSPS) is 13.3. The molecule has 0 saturated heterocycles. The highest BCUT2D eigenvalue weighted by molar-refractivity contribution is 5.83. The first-order valence-corrected chi connectivity index (χ1v) is 14.1. The van der Waals surface area contributed by atoms with Crippen LogP contribution in [-0.4, -0.2) is 0 Å². The van der Waals surface area contributed by atoms with Crippen molar-refractivity contribution in [1.82, 2.24) is 0 Å². The molecule has 39 heavy (non-hydrogen) atoms. The van der Waals surface area contributed by atoms with Crippen molar-refractivity contribution in [2.24, 2.45) is 0 Å². The second-order valence-electron chi connectivity index (χ2n) is 13.1. The molecule has 0 heterocycles. The van der Waals surface area contributed by atoms with Gasteiger partial charge in [-0.25, -0.2) is 0 Å². The highest BCUT2D eigenvalue weighted by Crippen LogP contribution is 2.49. The Bertz CT molecular complexity index is 1550. The number of rotatable bonds is 3. The maximum atomic E-state index is 2.43. The summed E-state index contributed by atoms with van der Waals surface area (Å²) >= 11 is 0. The third kappa shape index (κ3) is 4.74. The fourth-order valence-corrected chi connectivity index (χ4v) is 6.00. The van der Waals surface area contributed by atoms with Crippen molar-refractivity contribution in [2.45, 2.75) is 58.3 Å². The zero-order chi connectivity index (χ0) is 27.4. The molecule has 0 atom stereocenters. The molecule has 1 aliphatic carbocycles. The standard InChI is InChI=1S/C39H38/c1-38(2,3)31-15-11-13-26(24-31)28-21-29(27-14-12-16-32(25-27)39(4,5)6)23-30(22-28)37-35-19-9-7-17-33(35)34-18-8-10-20-36(34)37/h7-25,37H,1-6H3. The summed E-state index contributed by atoms with van der Waals surface area (Å²) in [6, 6.07) is 43.3. The lowest BCUT2D eigenvalue weighted by atomic mass is 9.82. The number of benzene rings is 5. The lowest BCUT2D eigenvalue weighted by Gasteiger charge is -2.22. The van der Waals surface area contributed by atoms with Gasteiger partial charge in [-0.2, -0.15) is 0 Å². The van der Waals surface area contributed by atoms with E-state index in [2.05, 4.69) is 157 Å². The molecule has 194 valence electrons. The molecule has 0 aliphatic heterocycles. The van der Waals surface area contributed by atoms with Gasteiger partial charge in [-0.3, -0.25) is 0 Å². The third-order valence-corrected chi connectivity index (χ3v) is 8.25. The maximum Gasteiger partial charge on any atom is 0.0352 e. The van der Waals surface area contributed by atoms with Gasteiger partial charge in [0.05, 0.1) is 0 Å². The molecule has 0 unspecified atom stereocenters. The van der Waals surface area contributed by atoms with Gasteiger partial charge in [0, 0.05) is 5.92 Å². The van der Waals surface area contributed by atoms with Gasteiger partial charge >= 0.3 is 0 Å². The Morgan fingerprint density at radius 3 is 1.28 bits per heavy atom. The van der Waals surface area contributed by atoms with Gasteiger partial charge in [0.1, 0.15) is 0 Å². The zero-order valence-electron chi connectivity index (χ0n) is 24.0. The van der Waals surface area contributed by atoms with E-state index >= 15 is 0 Å². The third-order valence-electron chi connectivity index (χ3n) is 8.25. The van der Waals surface area contributed by atoms with Crippen molar-refractivity contribution in [2.75, 3.05) is 0 Å². The first-order valence-electron chi connectivity index (χ1n) is 14.1. The van der Waals surface area contributed by atoms with E-state index < -0.39 is 0 Å². The second-order valence-corrected chi connectivity index (χ2v) is 13.1. The lowest BCUT2D eigenvalue weighted by Crippen LogP contribution is -2.11. The van der Waals surface area contributed by atoms with Gasteiger partial charge < -0.3 is 0 Å². The van der Waals surface area contributed by atoms with Crippen molar-refractivity contribution >= 4 is 0 Å². The minimum atomic E-state index is 0.0980. The molecule has 0 radical (unpaired) electrons. The Kier molecular flexibility index (Phi) is 6.11. The summed E-state index contributed by atoms with van der Waals surface area (Å²) in [5, 5.41) is 0. The van der Waals surface area contributed by atoms with E-state index in [1.54, 1.807) is 0 Å². The van der Waals surface area contributed by atoms with Crippen LogP contribution in [0.15, 0.2) is 115 Å². The smallest absolute Gasteiger partial charge is 0.0352 e. The van der Waals surface area contributed by atoms with Crippen LogP contribution in [0.3, 0.4) is 0 Å². The first kappa shape index (κ1) is 25.4. The molecular formula is C39H38. The van der Waals surface area contributed by atoms with E-state index in [1.165, 1.54) is 61.2 Å². The molecule has 0 fully saturated rings. The van der Waals surface area contributed by atoms with Crippen LogP contribution < -0.4 is 0 Å². The van der Waals surface area contributed by atoms with Gasteiger partial charge in [-0.1, -0.05) is 151 Å². The van der Waals surface area contributed by atoms with Gasteiger partial charge in [-0.15, -0.1) is 0 Å². The van der Waals surface area contributed by atoms with E-state index in [0.29, 0.717) is 0 Å². The van der Waals surface area contributed by atoms with E-state index in [0.717, 1.165) is 0 Å². The summed E-state index contributed by atoms with van der Waals surface area (Å²) in [7, 11) is 0. The highest BCUT2D eigenvalue weighted by Gasteiger charge is 2.30. The largest absolute Gasteiger partial charge is 0.0619 e. The molecule has 0 N–H and O–H groups in total. The van der Waals surface area contributed by atoms with Crippen molar-refractivity contribution in [3.05, 3.63) is 143 Å². The summed E-state index contributed by atoms with van der Waals surface area (Å²) in [5.74, 6) is 0.215. The fraction of sp³-hybridized carbons (Fsp3) is 0.231. The molecule has 1 aliphatic rings. The van der Waals surface area contributed by atoms with Crippen molar-refractivity contribution in [3.63, 3.8) is 0 Å². The van der Waals surface area contributed by atoms with Crippen LogP contribution in [-0.2, 0) is 10.8 Å². The summed E-state index contributed by atoms with van der Waals surface area (Å²) < 4.78 is 0. The maximum absolute atomic E-state index is 2.43. The molecule has 0 heteroatoms. The molecule has 5 aromatic rings. The number of hydrogen-bond donors (Lipinski definition) is 0. The summed E-state index contributed by atoms with van der Waals surface area (Å²) in [5.41, 5.74) is 14.9. The van der Waals surface area contributed by atoms with E-state index in [1.807, 2.05) is 0 Å². The molecular weight excluding hydrogens is 468 g/mol. The molecule has 0 bridgehead atoms. The highest BCUT2D eigenvalue weighted by atomic mass is 14.3. The van der Waals surface area contributed by atoms with Crippen LogP contribution in [0.25, 0.3) is 33.4 Å². The van der Waals surface area contributed by atoms with E-state index in [-0.39, 0.29) is 16.7 Å². The van der Waals surface area contributed by atoms with E-state index in [4.69, 9.17) is 0 Å². The van der Waals surface area contributed by atoms with Crippen molar-refractivity contribution < 1.29 is 0 Å². The second kappa shape index (κ2) is 9.38. The molecule has 0 saturated carbocycles. The molecule has 0 spiro atoms. The van der Waals surface area contributed by atoms with E-state index in [9.17, 15) is 0 Å². The minimum absolute atomic E-state index is 0.0980. The predicted octanol–water partition coefficient (Wildman–Crippen LogP) is 10.8. The number of hydrogen-bond acceptors (Lipinski definition) is 0.